The Morgan fingerprint density at radius 3 is 2.59 bits per heavy atom. The predicted octanol–water partition coefficient (Wildman–Crippen LogP) is 3.71. The van der Waals surface area contributed by atoms with Gasteiger partial charge in [-0.15, -0.1) is 11.8 Å². The van der Waals surface area contributed by atoms with Crippen LogP contribution in [-0.2, 0) is 19.1 Å². The van der Waals surface area contributed by atoms with Crippen LogP contribution in [0.25, 0.3) is 0 Å². The number of methoxy groups -OCH3 is 1. The van der Waals surface area contributed by atoms with Crippen molar-refractivity contribution < 1.29 is 23.9 Å². The van der Waals surface area contributed by atoms with Crippen LogP contribution in [0.4, 0.5) is 5.69 Å². The van der Waals surface area contributed by atoms with Gasteiger partial charge < -0.3 is 14.8 Å². The number of thioether (sulfide) groups is 1. The molecular weight excluding hydrogens is 390 g/mol. The SMILES string of the molecule is COC(=O)c1ccc(C)c(NC(=O)COC(=O)CSc2ccccc2Cl)c1. The van der Waals surface area contributed by atoms with Gasteiger partial charge in [-0.25, -0.2) is 4.79 Å². The summed E-state index contributed by atoms with van der Waals surface area (Å²) < 4.78 is 9.62. The molecule has 0 aliphatic rings. The van der Waals surface area contributed by atoms with Gasteiger partial charge in [0.05, 0.1) is 23.4 Å². The molecule has 142 valence electrons. The summed E-state index contributed by atoms with van der Waals surface area (Å²) in [6.45, 7) is 1.35. The van der Waals surface area contributed by atoms with Gasteiger partial charge in [0.15, 0.2) is 6.61 Å². The van der Waals surface area contributed by atoms with Gasteiger partial charge in [-0.1, -0.05) is 29.8 Å². The topological polar surface area (TPSA) is 81.7 Å². The highest BCUT2D eigenvalue weighted by molar-refractivity contribution is 8.00. The fraction of sp³-hybridized carbons (Fsp3) is 0.211. The Hall–Kier alpha value is -2.51. The highest BCUT2D eigenvalue weighted by Crippen LogP contribution is 2.26. The number of amides is 1. The van der Waals surface area contributed by atoms with Gasteiger partial charge in [-0.2, -0.15) is 0 Å². The second-order valence-corrected chi connectivity index (χ2v) is 6.87. The molecule has 1 N–H and O–H groups in total. The maximum Gasteiger partial charge on any atom is 0.337 e. The van der Waals surface area contributed by atoms with Crippen molar-refractivity contribution in [2.45, 2.75) is 11.8 Å². The lowest BCUT2D eigenvalue weighted by Gasteiger charge is -2.10. The summed E-state index contributed by atoms with van der Waals surface area (Å²) in [5.41, 5.74) is 1.52. The molecule has 6 nitrogen and oxygen atoms in total. The number of anilines is 1. The van der Waals surface area contributed by atoms with E-state index in [1.54, 1.807) is 37.3 Å². The van der Waals surface area contributed by atoms with Crippen LogP contribution < -0.4 is 5.32 Å². The molecular formula is C19H18ClNO5S. The first-order valence-electron chi connectivity index (χ1n) is 7.92. The number of aryl methyl sites for hydroxylation is 1. The van der Waals surface area contributed by atoms with E-state index in [9.17, 15) is 14.4 Å². The van der Waals surface area contributed by atoms with E-state index in [2.05, 4.69) is 10.1 Å². The number of rotatable bonds is 7. The van der Waals surface area contributed by atoms with Crippen molar-refractivity contribution in [2.24, 2.45) is 0 Å². The van der Waals surface area contributed by atoms with E-state index < -0.39 is 24.5 Å². The number of carbonyl (C=O) groups excluding carboxylic acids is 3. The van der Waals surface area contributed by atoms with Gasteiger partial charge >= 0.3 is 11.9 Å². The Morgan fingerprint density at radius 1 is 1.15 bits per heavy atom. The first-order valence-corrected chi connectivity index (χ1v) is 9.29. The zero-order chi connectivity index (χ0) is 19.8. The van der Waals surface area contributed by atoms with Crippen LogP contribution in [0.2, 0.25) is 5.02 Å². The Kier molecular flexibility index (Phi) is 7.69. The van der Waals surface area contributed by atoms with E-state index in [0.717, 1.165) is 10.5 Å². The Bertz CT molecular complexity index is 856. The van der Waals surface area contributed by atoms with Crippen molar-refractivity contribution in [3.05, 3.63) is 58.6 Å². The van der Waals surface area contributed by atoms with Crippen LogP contribution in [0.3, 0.4) is 0 Å². The maximum atomic E-state index is 12.0. The summed E-state index contributed by atoms with van der Waals surface area (Å²) in [7, 11) is 1.28. The highest BCUT2D eigenvalue weighted by Gasteiger charge is 2.13. The van der Waals surface area contributed by atoms with Crippen molar-refractivity contribution in [2.75, 3.05) is 24.8 Å². The standard InChI is InChI=1S/C19H18ClNO5S/c1-12-7-8-13(19(24)25-2)9-15(12)21-17(22)10-26-18(23)11-27-16-6-4-3-5-14(16)20/h3-9H,10-11H2,1-2H3,(H,21,22). The third-order valence-corrected chi connectivity index (χ3v) is 4.97. The molecule has 0 atom stereocenters. The molecule has 0 fully saturated rings. The summed E-state index contributed by atoms with van der Waals surface area (Å²) in [4.78, 5) is 36.2. The minimum atomic E-state index is -0.532. The molecule has 2 rings (SSSR count). The summed E-state index contributed by atoms with van der Waals surface area (Å²) in [6, 6.07) is 11.9. The van der Waals surface area contributed by atoms with E-state index in [-0.39, 0.29) is 5.75 Å². The third kappa shape index (κ3) is 6.30. The fourth-order valence-corrected chi connectivity index (χ4v) is 3.11. The monoisotopic (exact) mass is 407 g/mol. The van der Waals surface area contributed by atoms with Crippen LogP contribution in [0.15, 0.2) is 47.4 Å². The number of halogens is 1. The van der Waals surface area contributed by atoms with Crippen LogP contribution in [0, 0.1) is 6.92 Å². The van der Waals surface area contributed by atoms with Crippen LogP contribution in [-0.4, -0.2) is 37.3 Å². The summed E-state index contributed by atoms with van der Waals surface area (Å²) >= 11 is 7.25. The average molecular weight is 408 g/mol. The van der Waals surface area contributed by atoms with E-state index in [1.807, 2.05) is 6.07 Å². The van der Waals surface area contributed by atoms with Gasteiger partial charge in [0.1, 0.15) is 0 Å². The molecule has 0 spiro atoms. The number of hydrogen-bond acceptors (Lipinski definition) is 6. The second kappa shape index (κ2) is 9.99. The molecule has 8 heteroatoms. The van der Waals surface area contributed by atoms with Crippen LogP contribution in [0.5, 0.6) is 0 Å². The summed E-state index contributed by atoms with van der Waals surface area (Å²) in [5.74, 6) is -1.51. The average Bonchev–Trinajstić information content (AvgIpc) is 2.66. The van der Waals surface area contributed by atoms with Gasteiger partial charge in [-0.3, -0.25) is 9.59 Å². The minimum absolute atomic E-state index is 0.0356. The molecule has 27 heavy (non-hydrogen) atoms. The molecule has 2 aromatic rings. The molecule has 0 heterocycles. The van der Waals surface area contributed by atoms with E-state index in [4.69, 9.17) is 16.3 Å². The first-order chi connectivity index (χ1) is 12.9. The minimum Gasteiger partial charge on any atom is -0.465 e. The van der Waals surface area contributed by atoms with Gasteiger partial charge in [0.2, 0.25) is 0 Å². The fourth-order valence-electron chi connectivity index (χ4n) is 2.07. The molecule has 0 aliphatic heterocycles. The zero-order valence-corrected chi connectivity index (χ0v) is 16.4. The molecule has 1 amide bonds. The maximum absolute atomic E-state index is 12.0. The van der Waals surface area contributed by atoms with Crippen molar-refractivity contribution in [3.63, 3.8) is 0 Å². The lowest BCUT2D eigenvalue weighted by atomic mass is 10.1. The molecule has 0 saturated carbocycles. The molecule has 0 saturated heterocycles. The molecule has 0 unspecified atom stereocenters. The molecule has 0 bridgehead atoms. The van der Waals surface area contributed by atoms with Gasteiger partial charge in [0.25, 0.3) is 5.91 Å². The number of benzene rings is 2. The van der Waals surface area contributed by atoms with Crippen LogP contribution >= 0.6 is 23.4 Å². The number of esters is 2. The molecule has 2 aromatic carbocycles. The number of ether oxygens (including phenoxy) is 2. The number of nitrogens with one attached hydrogen (secondary N) is 1. The highest BCUT2D eigenvalue weighted by atomic mass is 35.5. The predicted molar refractivity (Wildman–Crippen MR) is 104 cm³/mol. The number of hydrogen-bond donors (Lipinski definition) is 1. The van der Waals surface area contributed by atoms with Gasteiger partial charge in [0, 0.05) is 10.6 Å². The number of carbonyl (C=O) groups is 3. The molecule has 0 radical (unpaired) electrons. The third-order valence-electron chi connectivity index (χ3n) is 3.48. The normalized spacial score (nSPS) is 10.2. The Labute approximate surface area is 166 Å². The molecule has 0 aromatic heterocycles. The van der Waals surface area contributed by atoms with Gasteiger partial charge in [-0.05, 0) is 36.8 Å². The largest absolute Gasteiger partial charge is 0.465 e. The summed E-state index contributed by atoms with van der Waals surface area (Å²) in [5, 5.41) is 3.17. The smallest absolute Gasteiger partial charge is 0.337 e. The lowest BCUT2D eigenvalue weighted by molar-refractivity contribution is -0.144. The summed E-state index contributed by atoms with van der Waals surface area (Å²) in [6.07, 6.45) is 0. The second-order valence-electron chi connectivity index (χ2n) is 5.45. The quantitative estimate of drug-likeness (QED) is 0.556. The van der Waals surface area contributed by atoms with Crippen molar-refractivity contribution in [1.82, 2.24) is 0 Å². The Balaban J connectivity index is 1.84. The van der Waals surface area contributed by atoms with E-state index >= 15 is 0 Å². The Morgan fingerprint density at radius 2 is 1.89 bits per heavy atom. The zero-order valence-electron chi connectivity index (χ0n) is 14.8. The molecule has 0 aliphatic carbocycles. The van der Waals surface area contributed by atoms with E-state index in [1.165, 1.54) is 24.9 Å². The first kappa shape index (κ1) is 20.8. The van der Waals surface area contributed by atoms with Crippen LogP contribution in [0.1, 0.15) is 15.9 Å². The van der Waals surface area contributed by atoms with Crippen molar-refractivity contribution in [3.8, 4) is 0 Å². The van der Waals surface area contributed by atoms with E-state index in [0.29, 0.717) is 16.3 Å². The van der Waals surface area contributed by atoms with Crippen molar-refractivity contribution in [1.29, 1.82) is 0 Å². The van der Waals surface area contributed by atoms with Crippen molar-refractivity contribution >= 4 is 46.9 Å². The lowest BCUT2D eigenvalue weighted by Crippen LogP contribution is -2.22.